The summed E-state index contributed by atoms with van der Waals surface area (Å²) in [7, 11) is 1.97. The number of aliphatic hydroxyl groups excluding tert-OH is 1. The van der Waals surface area contributed by atoms with Crippen LogP contribution >= 0.6 is 0 Å². The van der Waals surface area contributed by atoms with Gasteiger partial charge in [-0.15, -0.1) is 0 Å². The Labute approximate surface area is 121 Å². The summed E-state index contributed by atoms with van der Waals surface area (Å²) >= 11 is 0. The third-order valence-electron chi connectivity index (χ3n) is 3.27. The van der Waals surface area contributed by atoms with Crippen LogP contribution in [0.2, 0.25) is 0 Å². The highest BCUT2D eigenvalue weighted by Gasteiger charge is 2.14. The van der Waals surface area contributed by atoms with E-state index in [0.29, 0.717) is 25.4 Å². The Kier molecular flexibility index (Phi) is 6.45. The number of aromatic nitrogens is 2. The molecule has 1 aromatic heterocycles. The van der Waals surface area contributed by atoms with Crippen molar-refractivity contribution in [2.75, 3.05) is 32.5 Å². The van der Waals surface area contributed by atoms with Crippen LogP contribution in [0.5, 0.6) is 0 Å². The Morgan fingerprint density at radius 1 is 1.40 bits per heavy atom. The molecule has 0 aliphatic heterocycles. The molecule has 1 atom stereocenters. The maximum Gasteiger partial charge on any atom is 0.0862 e. The SMILES string of the molecule is Cc1nn(CC(O)CN(C)CCOC(C)C)c(C)c1N. The molecule has 0 aliphatic rings. The van der Waals surface area contributed by atoms with E-state index in [-0.39, 0.29) is 6.10 Å². The molecule has 1 heterocycles. The number of nitrogens with two attached hydrogens (primary N) is 1. The van der Waals surface area contributed by atoms with Gasteiger partial charge in [-0.1, -0.05) is 0 Å². The van der Waals surface area contributed by atoms with Crippen LogP contribution in [0.4, 0.5) is 5.69 Å². The largest absolute Gasteiger partial charge is 0.396 e. The fourth-order valence-electron chi connectivity index (χ4n) is 2.04. The quantitative estimate of drug-likeness (QED) is 0.738. The van der Waals surface area contributed by atoms with E-state index in [1.165, 1.54) is 0 Å². The smallest absolute Gasteiger partial charge is 0.0862 e. The van der Waals surface area contributed by atoms with Crippen molar-refractivity contribution >= 4 is 5.69 Å². The number of hydrogen-bond donors (Lipinski definition) is 2. The molecule has 1 aromatic rings. The lowest BCUT2D eigenvalue weighted by Crippen LogP contribution is -2.34. The topological polar surface area (TPSA) is 76.5 Å². The van der Waals surface area contributed by atoms with Gasteiger partial charge in [0.15, 0.2) is 0 Å². The molecular formula is C14H28N4O2. The Hall–Kier alpha value is -1.11. The summed E-state index contributed by atoms with van der Waals surface area (Å²) in [4.78, 5) is 2.06. The van der Waals surface area contributed by atoms with Gasteiger partial charge in [0.1, 0.15) is 0 Å². The predicted octanol–water partition coefficient (Wildman–Crippen LogP) is 0.800. The van der Waals surface area contributed by atoms with Crippen molar-refractivity contribution < 1.29 is 9.84 Å². The van der Waals surface area contributed by atoms with Crippen LogP contribution in [0.1, 0.15) is 25.2 Å². The Morgan fingerprint density at radius 2 is 2.05 bits per heavy atom. The monoisotopic (exact) mass is 284 g/mol. The van der Waals surface area contributed by atoms with E-state index < -0.39 is 6.10 Å². The Balaban J connectivity index is 2.39. The fraction of sp³-hybridized carbons (Fsp3) is 0.786. The molecule has 0 fully saturated rings. The zero-order valence-corrected chi connectivity index (χ0v) is 13.3. The van der Waals surface area contributed by atoms with Crippen LogP contribution in [0, 0.1) is 13.8 Å². The molecule has 1 unspecified atom stereocenters. The highest BCUT2D eigenvalue weighted by Crippen LogP contribution is 2.15. The summed E-state index contributed by atoms with van der Waals surface area (Å²) in [5, 5.41) is 14.5. The minimum Gasteiger partial charge on any atom is -0.396 e. The second kappa shape index (κ2) is 7.61. The number of nitrogens with zero attached hydrogens (tertiary/aromatic N) is 3. The van der Waals surface area contributed by atoms with Crippen molar-refractivity contribution in [2.24, 2.45) is 0 Å². The summed E-state index contributed by atoms with van der Waals surface area (Å²) in [6.07, 6.45) is -0.234. The molecule has 6 nitrogen and oxygen atoms in total. The van der Waals surface area contributed by atoms with Crippen LogP contribution in [-0.2, 0) is 11.3 Å². The number of rotatable bonds is 8. The molecule has 0 saturated heterocycles. The molecule has 0 aromatic carbocycles. The van der Waals surface area contributed by atoms with E-state index in [1.807, 2.05) is 34.7 Å². The maximum absolute atomic E-state index is 10.1. The average molecular weight is 284 g/mol. The number of hydrogen-bond acceptors (Lipinski definition) is 5. The normalized spacial score (nSPS) is 13.4. The van der Waals surface area contributed by atoms with E-state index in [9.17, 15) is 5.11 Å². The third-order valence-corrected chi connectivity index (χ3v) is 3.27. The third kappa shape index (κ3) is 5.11. The molecule has 0 bridgehead atoms. The second-order valence-corrected chi connectivity index (χ2v) is 5.60. The molecule has 3 N–H and O–H groups in total. The molecule has 0 spiro atoms. The van der Waals surface area contributed by atoms with Crippen LogP contribution in [0.15, 0.2) is 0 Å². The van der Waals surface area contributed by atoms with Gasteiger partial charge >= 0.3 is 0 Å². The molecular weight excluding hydrogens is 256 g/mol. The lowest BCUT2D eigenvalue weighted by molar-refractivity contribution is 0.0486. The minimum absolute atomic E-state index is 0.242. The van der Waals surface area contributed by atoms with Gasteiger partial charge in [0, 0.05) is 13.1 Å². The van der Waals surface area contributed by atoms with E-state index >= 15 is 0 Å². The van der Waals surface area contributed by atoms with Crippen molar-refractivity contribution in [1.82, 2.24) is 14.7 Å². The Bertz CT molecular complexity index is 418. The average Bonchev–Trinajstić information content (AvgIpc) is 2.56. The molecule has 0 aliphatic carbocycles. The van der Waals surface area contributed by atoms with Gasteiger partial charge in [0.25, 0.3) is 0 Å². The fourth-order valence-corrected chi connectivity index (χ4v) is 2.04. The lowest BCUT2D eigenvalue weighted by atomic mass is 10.3. The van der Waals surface area contributed by atoms with Crippen molar-refractivity contribution in [3.05, 3.63) is 11.4 Å². The maximum atomic E-state index is 10.1. The van der Waals surface area contributed by atoms with E-state index in [4.69, 9.17) is 10.5 Å². The first-order valence-corrected chi connectivity index (χ1v) is 7.09. The van der Waals surface area contributed by atoms with E-state index in [2.05, 4.69) is 10.00 Å². The Morgan fingerprint density at radius 3 is 2.55 bits per heavy atom. The number of anilines is 1. The first kappa shape index (κ1) is 16.9. The molecule has 1 rings (SSSR count). The molecule has 116 valence electrons. The van der Waals surface area contributed by atoms with Crippen LogP contribution in [0.3, 0.4) is 0 Å². The van der Waals surface area contributed by atoms with Gasteiger partial charge < -0.3 is 20.5 Å². The van der Waals surface area contributed by atoms with Crippen molar-refractivity contribution in [3.63, 3.8) is 0 Å². The van der Waals surface area contributed by atoms with Crippen molar-refractivity contribution in [2.45, 2.75) is 46.4 Å². The number of nitrogen functional groups attached to an aromatic ring is 1. The first-order valence-electron chi connectivity index (χ1n) is 7.09. The van der Waals surface area contributed by atoms with E-state index in [0.717, 1.165) is 17.9 Å². The lowest BCUT2D eigenvalue weighted by Gasteiger charge is -2.21. The van der Waals surface area contributed by atoms with Crippen molar-refractivity contribution in [3.8, 4) is 0 Å². The summed E-state index contributed by atoms with van der Waals surface area (Å²) < 4.78 is 7.26. The number of ether oxygens (including phenoxy) is 1. The number of aryl methyl sites for hydroxylation is 1. The molecule has 0 saturated carbocycles. The van der Waals surface area contributed by atoms with Gasteiger partial charge in [0.2, 0.25) is 0 Å². The number of likely N-dealkylation sites (N-methyl/N-ethyl adjacent to an activating group) is 1. The number of aliphatic hydroxyl groups is 1. The van der Waals surface area contributed by atoms with Crippen molar-refractivity contribution in [1.29, 1.82) is 0 Å². The van der Waals surface area contributed by atoms with E-state index in [1.54, 1.807) is 4.68 Å². The van der Waals surface area contributed by atoms with Crippen LogP contribution in [-0.4, -0.2) is 58.7 Å². The van der Waals surface area contributed by atoms with Gasteiger partial charge in [0.05, 0.1) is 42.4 Å². The molecule has 6 heteroatoms. The standard InChI is InChI=1S/C14H28N4O2/c1-10(2)20-7-6-17(5)8-13(19)9-18-12(4)14(15)11(3)16-18/h10,13,19H,6-9,15H2,1-5H3. The van der Waals surface area contributed by atoms with Crippen LogP contribution < -0.4 is 5.73 Å². The van der Waals surface area contributed by atoms with Gasteiger partial charge in [-0.05, 0) is 34.7 Å². The van der Waals surface area contributed by atoms with Gasteiger partial charge in [-0.3, -0.25) is 4.68 Å². The highest BCUT2D eigenvalue weighted by molar-refractivity contribution is 5.46. The summed E-state index contributed by atoms with van der Waals surface area (Å²) in [6.45, 7) is 10.3. The highest BCUT2D eigenvalue weighted by atomic mass is 16.5. The summed E-state index contributed by atoms with van der Waals surface area (Å²) in [5.74, 6) is 0. The zero-order chi connectivity index (χ0) is 15.3. The second-order valence-electron chi connectivity index (χ2n) is 5.60. The van der Waals surface area contributed by atoms with Gasteiger partial charge in [-0.25, -0.2) is 0 Å². The molecule has 20 heavy (non-hydrogen) atoms. The van der Waals surface area contributed by atoms with Gasteiger partial charge in [-0.2, -0.15) is 5.10 Å². The summed E-state index contributed by atoms with van der Waals surface area (Å²) in [6, 6.07) is 0. The first-order chi connectivity index (χ1) is 9.31. The molecule has 0 radical (unpaired) electrons. The predicted molar refractivity (Wildman–Crippen MR) is 80.7 cm³/mol. The molecule has 0 amide bonds. The summed E-state index contributed by atoms with van der Waals surface area (Å²) in [5.41, 5.74) is 8.31. The minimum atomic E-state index is -0.476. The zero-order valence-electron chi connectivity index (χ0n) is 13.3. The van der Waals surface area contributed by atoms with Crippen LogP contribution in [0.25, 0.3) is 0 Å².